The van der Waals surface area contributed by atoms with Crippen molar-refractivity contribution in [1.29, 1.82) is 0 Å². The van der Waals surface area contributed by atoms with Gasteiger partial charge in [-0.1, -0.05) is 37.8 Å². The third-order valence-corrected chi connectivity index (χ3v) is 4.17. The first-order valence-corrected chi connectivity index (χ1v) is 7.73. The summed E-state index contributed by atoms with van der Waals surface area (Å²) in [6.45, 7) is 0. The minimum atomic E-state index is 0.165. The largest absolute Gasteiger partial charge is 0.326 e. The Morgan fingerprint density at radius 3 is 2.67 bits per heavy atom. The molecule has 1 heterocycles. The number of nitrogens with zero attached hydrogens (tertiary/aromatic N) is 1. The highest BCUT2D eigenvalue weighted by atomic mass is 16.1. The van der Waals surface area contributed by atoms with Gasteiger partial charge in [0, 0.05) is 23.4 Å². The van der Waals surface area contributed by atoms with Crippen molar-refractivity contribution < 1.29 is 4.79 Å². The Morgan fingerprint density at radius 2 is 1.95 bits per heavy atom. The molecule has 0 unspecified atom stereocenters. The number of H-pyrrole nitrogens is 1. The molecule has 4 heteroatoms. The van der Waals surface area contributed by atoms with Crippen molar-refractivity contribution in [2.75, 3.05) is 5.32 Å². The second-order valence-corrected chi connectivity index (χ2v) is 5.73. The second-order valence-electron chi connectivity index (χ2n) is 5.73. The molecule has 1 amide bonds. The van der Waals surface area contributed by atoms with E-state index in [4.69, 9.17) is 0 Å². The van der Waals surface area contributed by atoms with Crippen LogP contribution in [0, 0.1) is 5.92 Å². The molecule has 2 aromatic rings. The van der Waals surface area contributed by atoms with Gasteiger partial charge in [0.25, 0.3) is 0 Å². The predicted octanol–water partition coefficient (Wildman–Crippen LogP) is 3.99. The monoisotopic (exact) mass is 283 g/mol. The van der Waals surface area contributed by atoms with Crippen molar-refractivity contribution >= 4 is 11.6 Å². The van der Waals surface area contributed by atoms with Gasteiger partial charge in [0.15, 0.2) is 0 Å². The van der Waals surface area contributed by atoms with E-state index in [1.165, 1.54) is 25.7 Å². The number of benzene rings is 1. The van der Waals surface area contributed by atoms with Crippen LogP contribution in [0.4, 0.5) is 5.69 Å². The Hall–Kier alpha value is -2.10. The van der Waals surface area contributed by atoms with Crippen LogP contribution in [-0.2, 0) is 4.79 Å². The van der Waals surface area contributed by atoms with E-state index >= 15 is 0 Å². The summed E-state index contributed by atoms with van der Waals surface area (Å²) in [6.07, 6.45) is 8.64. The second kappa shape index (κ2) is 6.57. The smallest absolute Gasteiger partial charge is 0.227 e. The maximum Gasteiger partial charge on any atom is 0.227 e. The Morgan fingerprint density at radius 1 is 1.14 bits per heavy atom. The third-order valence-electron chi connectivity index (χ3n) is 4.17. The summed E-state index contributed by atoms with van der Waals surface area (Å²) in [5.41, 5.74) is 2.85. The van der Waals surface area contributed by atoms with Gasteiger partial charge in [0.2, 0.25) is 5.91 Å². The number of aromatic amines is 1. The van der Waals surface area contributed by atoms with Crippen molar-refractivity contribution in [3.05, 3.63) is 36.5 Å². The van der Waals surface area contributed by atoms with Crippen molar-refractivity contribution in [3.63, 3.8) is 0 Å². The van der Waals surface area contributed by atoms with Gasteiger partial charge in [-0.2, -0.15) is 5.10 Å². The lowest BCUT2D eigenvalue weighted by Gasteiger charge is -2.14. The molecule has 3 rings (SSSR count). The van der Waals surface area contributed by atoms with Gasteiger partial charge in [0.05, 0.1) is 5.69 Å². The van der Waals surface area contributed by atoms with Gasteiger partial charge in [-0.15, -0.1) is 0 Å². The molecule has 0 spiro atoms. The maximum atomic E-state index is 12.4. The van der Waals surface area contributed by atoms with Crippen LogP contribution < -0.4 is 5.32 Å². The highest BCUT2D eigenvalue weighted by molar-refractivity contribution is 5.93. The average Bonchev–Trinajstić information content (AvgIpc) is 2.90. The lowest BCUT2D eigenvalue weighted by atomic mass is 9.99. The first-order valence-electron chi connectivity index (χ1n) is 7.73. The molecule has 1 aliphatic rings. The Labute approximate surface area is 125 Å². The number of hydrogen-bond acceptors (Lipinski definition) is 2. The van der Waals surface area contributed by atoms with Crippen molar-refractivity contribution in [2.24, 2.45) is 5.92 Å². The fourth-order valence-electron chi connectivity index (χ4n) is 2.97. The zero-order chi connectivity index (χ0) is 14.5. The number of rotatable bonds is 3. The minimum Gasteiger partial charge on any atom is -0.326 e. The molecular formula is C17H21N3O. The molecule has 1 aromatic carbocycles. The summed E-state index contributed by atoms with van der Waals surface area (Å²) < 4.78 is 0. The van der Waals surface area contributed by atoms with E-state index in [9.17, 15) is 4.79 Å². The van der Waals surface area contributed by atoms with Gasteiger partial charge < -0.3 is 5.32 Å². The van der Waals surface area contributed by atoms with Crippen LogP contribution in [0.3, 0.4) is 0 Å². The van der Waals surface area contributed by atoms with Crippen molar-refractivity contribution in [1.82, 2.24) is 10.2 Å². The zero-order valence-electron chi connectivity index (χ0n) is 12.1. The summed E-state index contributed by atoms with van der Waals surface area (Å²) in [5, 5.41) is 9.97. The molecule has 0 aliphatic heterocycles. The van der Waals surface area contributed by atoms with Gasteiger partial charge in [0.1, 0.15) is 0 Å². The van der Waals surface area contributed by atoms with Gasteiger partial charge >= 0.3 is 0 Å². The van der Waals surface area contributed by atoms with Crippen LogP contribution in [0.25, 0.3) is 11.3 Å². The standard InChI is InChI=1S/C17H21N3O/c21-17(13-6-3-1-2-4-7-13)19-15-9-5-8-14(12-15)16-10-11-18-20-16/h5,8-13H,1-4,6-7H2,(H,18,20)(H,19,21). The van der Waals surface area contributed by atoms with E-state index in [1.54, 1.807) is 6.20 Å². The number of aromatic nitrogens is 2. The molecule has 0 saturated heterocycles. The first kappa shape index (κ1) is 13.9. The molecule has 1 aliphatic carbocycles. The third kappa shape index (κ3) is 3.51. The van der Waals surface area contributed by atoms with E-state index in [-0.39, 0.29) is 11.8 Å². The minimum absolute atomic E-state index is 0.165. The van der Waals surface area contributed by atoms with Gasteiger partial charge in [-0.3, -0.25) is 9.89 Å². The average molecular weight is 283 g/mol. The molecule has 21 heavy (non-hydrogen) atoms. The normalized spacial score (nSPS) is 16.4. The molecule has 110 valence electrons. The van der Waals surface area contributed by atoms with Crippen LogP contribution >= 0.6 is 0 Å². The van der Waals surface area contributed by atoms with E-state index < -0.39 is 0 Å². The van der Waals surface area contributed by atoms with E-state index in [0.717, 1.165) is 29.8 Å². The van der Waals surface area contributed by atoms with E-state index in [0.29, 0.717) is 0 Å². The molecule has 1 saturated carbocycles. The van der Waals surface area contributed by atoms with Gasteiger partial charge in [-0.05, 0) is 31.0 Å². The van der Waals surface area contributed by atoms with Crippen LogP contribution in [0.2, 0.25) is 0 Å². The Bertz CT molecular complexity index is 584. The molecule has 1 fully saturated rings. The molecule has 0 bridgehead atoms. The number of hydrogen-bond donors (Lipinski definition) is 2. The summed E-state index contributed by atoms with van der Waals surface area (Å²) in [6, 6.07) is 9.82. The summed E-state index contributed by atoms with van der Waals surface area (Å²) in [5.74, 6) is 0.335. The SMILES string of the molecule is O=C(Nc1cccc(-c2ccn[nH]2)c1)C1CCCCCC1. The summed E-state index contributed by atoms with van der Waals surface area (Å²) in [7, 11) is 0. The number of amides is 1. The van der Waals surface area contributed by atoms with E-state index in [1.807, 2.05) is 30.3 Å². The van der Waals surface area contributed by atoms with Crippen molar-refractivity contribution in [2.45, 2.75) is 38.5 Å². The zero-order valence-corrected chi connectivity index (χ0v) is 12.1. The van der Waals surface area contributed by atoms with Gasteiger partial charge in [-0.25, -0.2) is 0 Å². The maximum absolute atomic E-state index is 12.4. The number of carbonyl (C=O) groups is 1. The molecule has 2 N–H and O–H groups in total. The highest BCUT2D eigenvalue weighted by Crippen LogP contribution is 2.25. The lowest BCUT2D eigenvalue weighted by Crippen LogP contribution is -2.22. The molecular weight excluding hydrogens is 262 g/mol. The number of anilines is 1. The summed E-state index contributed by atoms with van der Waals surface area (Å²) >= 11 is 0. The highest BCUT2D eigenvalue weighted by Gasteiger charge is 2.20. The fraction of sp³-hybridized carbons (Fsp3) is 0.412. The topological polar surface area (TPSA) is 57.8 Å². The number of carbonyl (C=O) groups excluding carboxylic acids is 1. The van der Waals surface area contributed by atoms with E-state index in [2.05, 4.69) is 15.5 Å². The first-order chi connectivity index (χ1) is 10.3. The molecule has 4 nitrogen and oxygen atoms in total. The molecule has 0 atom stereocenters. The molecule has 0 radical (unpaired) electrons. The van der Waals surface area contributed by atoms with Crippen LogP contribution in [0.5, 0.6) is 0 Å². The van der Waals surface area contributed by atoms with Crippen molar-refractivity contribution in [3.8, 4) is 11.3 Å². The Balaban J connectivity index is 1.69. The number of nitrogens with one attached hydrogen (secondary N) is 2. The van der Waals surface area contributed by atoms with Crippen LogP contribution in [0.1, 0.15) is 38.5 Å². The summed E-state index contributed by atoms with van der Waals surface area (Å²) in [4.78, 5) is 12.4. The Kier molecular flexibility index (Phi) is 4.34. The predicted molar refractivity (Wildman–Crippen MR) is 83.8 cm³/mol. The quantitative estimate of drug-likeness (QED) is 0.837. The van der Waals surface area contributed by atoms with Crippen LogP contribution in [-0.4, -0.2) is 16.1 Å². The fourth-order valence-corrected chi connectivity index (χ4v) is 2.97. The molecule has 1 aromatic heterocycles. The lowest BCUT2D eigenvalue weighted by molar-refractivity contribution is -0.120. The van der Waals surface area contributed by atoms with Crippen LogP contribution in [0.15, 0.2) is 36.5 Å².